The minimum atomic E-state index is -0.465. The number of para-hydroxylation sites is 1. The van der Waals surface area contributed by atoms with Crippen LogP contribution in [-0.2, 0) is 4.74 Å². The third-order valence-corrected chi connectivity index (χ3v) is 4.11. The van der Waals surface area contributed by atoms with Crippen LogP contribution in [0.25, 0.3) is 11.3 Å². The minimum Gasteiger partial charge on any atom is -0.493 e. The minimum absolute atomic E-state index is 0.370. The van der Waals surface area contributed by atoms with Crippen LogP contribution >= 0.6 is 11.3 Å². The molecule has 0 fully saturated rings. The summed E-state index contributed by atoms with van der Waals surface area (Å²) in [6.45, 7) is 6.76. The topological polar surface area (TPSA) is 86.5 Å². The van der Waals surface area contributed by atoms with Crippen LogP contribution in [0.15, 0.2) is 29.6 Å². The average Bonchev–Trinajstić information content (AvgIpc) is 2.99. The molecule has 0 aliphatic carbocycles. The van der Waals surface area contributed by atoms with Gasteiger partial charge in [0.25, 0.3) is 0 Å². The van der Waals surface area contributed by atoms with Crippen molar-refractivity contribution in [2.24, 2.45) is 0 Å². The molecule has 0 saturated heterocycles. The monoisotopic (exact) mass is 377 g/mol. The van der Waals surface area contributed by atoms with Gasteiger partial charge in [0.1, 0.15) is 11.4 Å². The molecule has 1 aromatic heterocycles. The second-order valence-corrected chi connectivity index (χ2v) is 7.79. The SMILES string of the molecule is CC(C)(C)OC(=O)NCCCCCOc1ccccc1-c1csc(N)n1. The van der Waals surface area contributed by atoms with Gasteiger partial charge in [-0.3, -0.25) is 0 Å². The van der Waals surface area contributed by atoms with E-state index in [1.807, 2.05) is 50.4 Å². The molecule has 26 heavy (non-hydrogen) atoms. The van der Waals surface area contributed by atoms with Crippen molar-refractivity contribution in [3.63, 3.8) is 0 Å². The van der Waals surface area contributed by atoms with E-state index in [-0.39, 0.29) is 6.09 Å². The van der Waals surface area contributed by atoms with Crippen molar-refractivity contribution >= 4 is 22.6 Å². The Morgan fingerprint density at radius 3 is 2.69 bits per heavy atom. The number of thiazole rings is 1. The number of ether oxygens (including phenoxy) is 2. The second kappa shape index (κ2) is 9.43. The van der Waals surface area contributed by atoms with Gasteiger partial charge in [-0.15, -0.1) is 11.3 Å². The molecule has 0 aliphatic heterocycles. The van der Waals surface area contributed by atoms with Crippen molar-refractivity contribution in [3.8, 4) is 17.0 Å². The van der Waals surface area contributed by atoms with Gasteiger partial charge in [-0.25, -0.2) is 9.78 Å². The zero-order chi connectivity index (χ0) is 19.0. The number of nitrogen functional groups attached to an aromatic ring is 1. The Balaban J connectivity index is 1.67. The number of anilines is 1. The molecule has 1 heterocycles. The van der Waals surface area contributed by atoms with Gasteiger partial charge in [-0.05, 0) is 52.2 Å². The van der Waals surface area contributed by atoms with E-state index in [2.05, 4.69) is 10.3 Å². The first kappa shape index (κ1) is 20.0. The number of unbranched alkanes of at least 4 members (excludes halogenated alkanes) is 2. The molecule has 3 N–H and O–H groups in total. The maximum atomic E-state index is 11.5. The molecule has 1 amide bonds. The number of carbonyl (C=O) groups is 1. The van der Waals surface area contributed by atoms with Crippen molar-refractivity contribution in [1.29, 1.82) is 0 Å². The molecule has 1 aromatic carbocycles. The molecule has 0 atom stereocenters. The summed E-state index contributed by atoms with van der Waals surface area (Å²) in [6.07, 6.45) is 2.38. The summed E-state index contributed by atoms with van der Waals surface area (Å²) in [5, 5.41) is 5.24. The fourth-order valence-electron chi connectivity index (χ4n) is 2.31. The largest absolute Gasteiger partial charge is 0.493 e. The van der Waals surface area contributed by atoms with Gasteiger partial charge in [0, 0.05) is 17.5 Å². The van der Waals surface area contributed by atoms with Crippen molar-refractivity contribution in [3.05, 3.63) is 29.6 Å². The number of carbonyl (C=O) groups excluding carboxylic acids is 1. The number of aromatic nitrogens is 1. The third-order valence-electron chi connectivity index (χ3n) is 3.43. The van der Waals surface area contributed by atoms with E-state index in [0.717, 1.165) is 36.3 Å². The molecule has 142 valence electrons. The zero-order valence-corrected chi connectivity index (χ0v) is 16.4. The van der Waals surface area contributed by atoms with Crippen LogP contribution < -0.4 is 15.8 Å². The van der Waals surface area contributed by atoms with Crippen LogP contribution in [0.4, 0.5) is 9.93 Å². The van der Waals surface area contributed by atoms with Gasteiger partial charge in [0.05, 0.1) is 12.3 Å². The first-order chi connectivity index (χ1) is 12.3. The highest BCUT2D eigenvalue weighted by Gasteiger charge is 2.15. The molecule has 0 radical (unpaired) electrons. The van der Waals surface area contributed by atoms with Crippen molar-refractivity contribution in [1.82, 2.24) is 10.3 Å². The van der Waals surface area contributed by atoms with E-state index in [0.29, 0.717) is 18.3 Å². The summed E-state index contributed by atoms with van der Waals surface area (Å²) < 4.78 is 11.1. The van der Waals surface area contributed by atoms with Crippen LogP contribution in [0.3, 0.4) is 0 Å². The number of alkyl carbamates (subject to hydrolysis) is 1. The number of nitrogens with one attached hydrogen (secondary N) is 1. The fourth-order valence-corrected chi connectivity index (χ4v) is 2.87. The zero-order valence-electron chi connectivity index (χ0n) is 15.6. The van der Waals surface area contributed by atoms with Gasteiger partial charge < -0.3 is 20.5 Å². The maximum Gasteiger partial charge on any atom is 0.407 e. The Hall–Kier alpha value is -2.28. The predicted molar refractivity (Wildman–Crippen MR) is 106 cm³/mol. The Morgan fingerprint density at radius 1 is 1.23 bits per heavy atom. The Morgan fingerprint density at radius 2 is 2.00 bits per heavy atom. The highest BCUT2D eigenvalue weighted by Crippen LogP contribution is 2.31. The van der Waals surface area contributed by atoms with E-state index < -0.39 is 5.60 Å². The Bertz CT molecular complexity index is 710. The Labute approximate surface area is 158 Å². The van der Waals surface area contributed by atoms with Crippen LogP contribution in [0, 0.1) is 0 Å². The maximum absolute atomic E-state index is 11.5. The number of nitrogens with two attached hydrogens (primary N) is 1. The molecular formula is C19H27N3O3S. The number of rotatable bonds is 8. The number of amides is 1. The standard InChI is InChI=1S/C19H27N3O3S/c1-19(2,3)25-18(23)21-11-7-4-8-12-24-16-10-6-5-9-14(16)15-13-26-17(20)22-15/h5-6,9-10,13H,4,7-8,11-12H2,1-3H3,(H2,20,22)(H,21,23). The molecule has 7 heteroatoms. The van der Waals surface area contributed by atoms with Crippen LogP contribution in [0.1, 0.15) is 40.0 Å². The van der Waals surface area contributed by atoms with Crippen LogP contribution in [0.2, 0.25) is 0 Å². The highest BCUT2D eigenvalue weighted by molar-refractivity contribution is 7.13. The van der Waals surface area contributed by atoms with Gasteiger partial charge >= 0.3 is 6.09 Å². The number of hydrogen-bond donors (Lipinski definition) is 2. The van der Waals surface area contributed by atoms with Crippen molar-refractivity contribution in [2.45, 2.75) is 45.6 Å². The second-order valence-electron chi connectivity index (χ2n) is 6.90. The average molecular weight is 378 g/mol. The van der Waals surface area contributed by atoms with E-state index >= 15 is 0 Å². The number of hydrogen-bond acceptors (Lipinski definition) is 6. The lowest BCUT2D eigenvalue weighted by Gasteiger charge is -2.19. The molecule has 0 aliphatic rings. The first-order valence-electron chi connectivity index (χ1n) is 8.75. The van der Waals surface area contributed by atoms with Crippen molar-refractivity contribution < 1.29 is 14.3 Å². The normalized spacial score (nSPS) is 11.2. The van der Waals surface area contributed by atoms with Crippen molar-refractivity contribution in [2.75, 3.05) is 18.9 Å². The summed E-state index contributed by atoms with van der Waals surface area (Å²) in [6, 6.07) is 7.82. The van der Waals surface area contributed by atoms with Gasteiger partial charge in [0.15, 0.2) is 5.13 Å². The van der Waals surface area contributed by atoms with Crippen LogP contribution in [-0.4, -0.2) is 29.8 Å². The van der Waals surface area contributed by atoms with E-state index in [9.17, 15) is 4.79 Å². The summed E-state index contributed by atoms with van der Waals surface area (Å²) in [7, 11) is 0. The third kappa shape index (κ3) is 6.92. The fraction of sp³-hybridized carbons (Fsp3) is 0.474. The van der Waals surface area contributed by atoms with Gasteiger partial charge in [0.2, 0.25) is 0 Å². The first-order valence-corrected chi connectivity index (χ1v) is 9.63. The lowest BCUT2D eigenvalue weighted by Crippen LogP contribution is -2.33. The predicted octanol–water partition coefficient (Wildman–Crippen LogP) is 4.47. The molecule has 0 bridgehead atoms. The summed E-state index contributed by atoms with van der Waals surface area (Å²) in [5.41, 5.74) is 7.04. The summed E-state index contributed by atoms with van der Waals surface area (Å²) >= 11 is 1.42. The van der Waals surface area contributed by atoms with Gasteiger partial charge in [-0.2, -0.15) is 0 Å². The Kier molecular flexibility index (Phi) is 7.26. The lowest BCUT2D eigenvalue weighted by molar-refractivity contribution is 0.0527. The smallest absolute Gasteiger partial charge is 0.407 e. The van der Waals surface area contributed by atoms with Crippen LogP contribution in [0.5, 0.6) is 5.75 Å². The molecular weight excluding hydrogens is 350 g/mol. The molecule has 2 rings (SSSR count). The summed E-state index contributed by atoms with van der Waals surface area (Å²) in [4.78, 5) is 15.9. The van der Waals surface area contributed by atoms with E-state index in [4.69, 9.17) is 15.2 Å². The summed E-state index contributed by atoms with van der Waals surface area (Å²) in [5.74, 6) is 0.810. The highest BCUT2D eigenvalue weighted by atomic mass is 32.1. The lowest BCUT2D eigenvalue weighted by atomic mass is 10.1. The van der Waals surface area contributed by atoms with Gasteiger partial charge in [-0.1, -0.05) is 12.1 Å². The van der Waals surface area contributed by atoms with E-state index in [1.165, 1.54) is 11.3 Å². The number of nitrogens with zero attached hydrogens (tertiary/aromatic N) is 1. The van der Waals surface area contributed by atoms with E-state index in [1.54, 1.807) is 0 Å². The molecule has 0 unspecified atom stereocenters. The molecule has 6 nitrogen and oxygen atoms in total. The molecule has 0 saturated carbocycles. The number of benzene rings is 1. The quantitative estimate of drug-likeness (QED) is 0.663. The molecule has 0 spiro atoms. The molecule has 2 aromatic rings.